The molecule has 2 N–H and O–H groups in total. The predicted molar refractivity (Wildman–Crippen MR) is 104 cm³/mol. The van der Waals surface area contributed by atoms with E-state index < -0.39 is 0 Å². The Balaban J connectivity index is 1.87. The molecule has 2 rings (SSSR count). The van der Waals surface area contributed by atoms with Crippen molar-refractivity contribution < 1.29 is 9.59 Å². The smallest absolute Gasteiger partial charge is 0.251 e. The lowest BCUT2D eigenvalue weighted by atomic mass is 10.1. The molecule has 0 saturated heterocycles. The van der Waals surface area contributed by atoms with E-state index >= 15 is 0 Å². The maximum Gasteiger partial charge on any atom is 0.251 e. The van der Waals surface area contributed by atoms with E-state index in [1.807, 2.05) is 76.5 Å². The number of hydrogen-bond acceptors (Lipinski definition) is 3. The van der Waals surface area contributed by atoms with Crippen molar-refractivity contribution in [1.29, 1.82) is 0 Å². The Kier molecular flexibility index (Phi) is 6.92. The molecule has 2 aromatic carbocycles. The van der Waals surface area contributed by atoms with Crippen LogP contribution in [0.15, 0.2) is 48.5 Å². The van der Waals surface area contributed by atoms with Crippen molar-refractivity contribution >= 4 is 11.8 Å². The van der Waals surface area contributed by atoms with Crippen LogP contribution in [0.3, 0.4) is 0 Å². The van der Waals surface area contributed by atoms with E-state index in [0.29, 0.717) is 12.1 Å². The third kappa shape index (κ3) is 5.70. The molecular formula is C21H27N3O2. The lowest BCUT2D eigenvalue weighted by Gasteiger charge is -2.25. The fourth-order valence-electron chi connectivity index (χ4n) is 2.92. The summed E-state index contributed by atoms with van der Waals surface area (Å²) in [5, 5.41) is 5.58. The predicted octanol–water partition coefficient (Wildman–Crippen LogP) is 2.45. The number of nitrogens with one attached hydrogen (secondary N) is 2. The lowest BCUT2D eigenvalue weighted by Crippen LogP contribution is -2.40. The maximum absolute atomic E-state index is 12.2. The average Bonchev–Trinajstić information content (AvgIpc) is 2.59. The molecule has 0 heterocycles. The molecule has 0 fully saturated rings. The van der Waals surface area contributed by atoms with Gasteiger partial charge in [-0.05, 0) is 45.6 Å². The van der Waals surface area contributed by atoms with Gasteiger partial charge in [-0.25, -0.2) is 0 Å². The minimum atomic E-state index is -0.237. The first-order chi connectivity index (χ1) is 12.4. The number of carbonyl (C=O) groups excluding carboxylic acids is 2. The quantitative estimate of drug-likeness (QED) is 0.804. The number of carbonyl (C=O) groups is 2. The molecule has 0 radical (unpaired) electrons. The van der Waals surface area contributed by atoms with E-state index in [9.17, 15) is 9.59 Å². The Morgan fingerprint density at radius 3 is 2.15 bits per heavy atom. The van der Waals surface area contributed by atoms with Crippen LogP contribution in [0.25, 0.3) is 0 Å². The van der Waals surface area contributed by atoms with Gasteiger partial charge in [0.25, 0.3) is 5.91 Å². The molecule has 0 bridgehead atoms. The number of hydrogen-bond donors (Lipinski definition) is 2. The van der Waals surface area contributed by atoms with E-state index in [1.165, 1.54) is 0 Å². The van der Waals surface area contributed by atoms with Crippen LogP contribution in [0.2, 0.25) is 0 Å². The van der Waals surface area contributed by atoms with Gasteiger partial charge in [0, 0.05) is 12.1 Å². The van der Waals surface area contributed by atoms with Gasteiger partial charge in [0.15, 0.2) is 0 Å². The topological polar surface area (TPSA) is 61.4 Å². The zero-order chi connectivity index (χ0) is 19.1. The summed E-state index contributed by atoms with van der Waals surface area (Å²) in [5.74, 6) is -0.440. The summed E-state index contributed by atoms with van der Waals surface area (Å²) >= 11 is 0. The molecule has 0 aliphatic carbocycles. The highest BCUT2D eigenvalue weighted by Gasteiger charge is 2.15. The van der Waals surface area contributed by atoms with Gasteiger partial charge in [-0.2, -0.15) is 0 Å². The third-order valence-corrected chi connectivity index (χ3v) is 4.19. The van der Waals surface area contributed by atoms with Gasteiger partial charge in [0.05, 0.1) is 12.6 Å². The number of benzene rings is 2. The maximum atomic E-state index is 12.2. The van der Waals surface area contributed by atoms with Gasteiger partial charge in [-0.3, -0.25) is 9.59 Å². The van der Waals surface area contributed by atoms with Crippen molar-refractivity contribution in [2.45, 2.75) is 19.9 Å². The number of nitrogens with zero attached hydrogens (tertiary/aromatic N) is 1. The minimum absolute atomic E-state index is 0.0409. The fourth-order valence-corrected chi connectivity index (χ4v) is 2.92. The lowest BCUT2D eigenvalue weighted by molar-refractivity contribution is -0.120. The summed E-state index contributed by atoms with van der Waals surface area (Å²) in [6.45, 7) is 4.33. The van der Waals surface area contributed by atoms with Gasteiger partial charge < -0.3 is 15.5 Å². The van der Waals surface area contributed by atoms with E-state index in [2.05, 4.69) is 15.5 Å². The molecular weight excluding hydrogens is 326 g/mol. The Morgan fingerprint density at radius 2 is 1.58 bits per heavy atom. The third-order valence-electron chi connectivity index (χ3n) is 4.19. The highest BCUT2D eigenvalue weighted by Crippen LogP contribution is 2.16. The number of aryl methyl sites for hydroxylation is 2. The van der Waals surface area contributed by atoms with Crippen molar-refractivity contribution in [1.82, 2.24) is 15.5 Å². The second-order valence-electron chi connectivity index (χ2n) is 6.75. The van der Waals surface area contributed by atoms with E-state index in [4.69, 9.17) is 0 Å². The van der Waals surface area contributed by atoms with Gasteiger partial charge in [-0.15, -0.1) is 0 Å². The van der Waals surface area contributed by atoms with Crippen LogP contribution in [-0.2, 0) is 4.79 Å². The van der Waals surface area contributed by atoms with Crippen LogP contribution in [0, 0.1) is 13.8 Å². The number of likely N-dealkylation sites (N-methyl/N-ethyl adjacent to an activating group) is 1. The molecule has 26 heavy (non-hydrogen) atoms. The molecule has 0 aliphatic rings. The largest absolute Gasteiger partial charge is 0.353 e. The highest BCUT2D eigenvalue weighted by molar-refractivity contribution is 5.96. The van der Waals surface area contributed by atoms with E-state index in [0.717, 1.165) is 16.7 Å². The highest BCUT2D eigenvalue weighted by atomic mass is 16.2. The molecule has 1 unspecified atom stereocenters. The first-order valence-electron chi connectivity index (χ1n) is 8.71. The van der Waals surface area contributed by atoms with Crippen LogP contribution in [0.5, 0.6) is 0 Å². The first-order valence-corrected chi connectivity index (χ1v) is 8.71. The molecule has 2 amide bonds. The molecule has 0 spiro atoms. The molecule has 0 aromatic heterocycles. The van der Waals surface area contributed by atoms with Crippen LogP contribution in [0.1, 0.15) is 33.1 Å². The zero-order valence-corrected chi connectivity index (χ0v) is 15.9. The monoisotopic (exact) mass is 353 g/mol. The van der Waals surface area contributed by atoms with Crippen molar-refractivity contribution in [2.75, 3.05) is 27.2 Å². The molecule has 0 aliphatic heterocycles. The van der Waals surface area contributed by atoms with E-state index in [-0.39, 0.29) is 24.4 Å². The molecule has 5 nitrogen and oxygen atoms in total. The van der Waals surface area contributed by atoms with Crippen molar-refractivity contribution in [3.05, 3.63) is 70.8 Å². The molecule has 5 heteroatoms. The van der Waals surface area contributed by atoms with Gasteiger partial charge in [-0.1, -0.05) is 47.5 Å². The standard InChI is InChI=1S/C21H27N3O2/c1-15-10-16(2)12-18(11-15)21(26)23-14-20(25)22-13-19(24(3)4)17-8-6-5-7-9-17/h5-12,19H,13-14H2,1-4H3,(H,22,25)(H,23,26). The molecule has 0 saturated carbocycles. The van der Waals surface area contributed by atoms with Crippen molar-refractivity contribution in [2.24, 2.45) is 0 Å². The Morgan fingerprint density at radius 1 is 0.962 bits per heavy atom. The van der Waals surface area contributed by atoms with Crippen molar-refractivity contribution in [3.63, 3.8) is 0 Å². The summed E-state index contributed by atoms with van der Waals surface area (Å²) in [7, 11) is 3.96. The second kappa shape index (κ2) is 9.15. The summed E-state index contributed by atoms with van der Waals surface area (Å²) in [4.78, 5) is 26.4. The SMILES string of the molecule is Cc1cc(C)cc(C(=O)NCC(=O)NCC(c2ccccc2)N(C)C)c1. The fraction of sp³-hybridized carbons (Fsp3) is 0.333. The number of rotatable bonds is 7. The summed E-state index contributed by atoms with van der Waals surface area (Å²) in [6.07, 6.45) is 0. The van der Waals surface area contributed by atoms with Gasteiger partial charge in [0.1, 0.15) is 0 Å². The van der Waals surface area contributed by atoms with Gasteiger partial charge in [0.2, 0.25) is 5.91 Å². The van der Waals surface area contributed by atoms with Crippen LogP contribution in [0.4, 0.5) is 0 Å². The number of amides is 2. The normalized spacial score (nSPS) is 11.9. The second-order valence-corrected chi connectivity index (χ2v) is 6.75. The zero-order valence-electron chi connectivity index (χ0n) is 15.9. The molecule has 2 aromatic rings. The van der Waals surface area contributed by atoms with Crippen LogP contribution < -0.4 is 10.6 Å². The van der Waals surface area contributed by atoms with Gasteiger partial charge >= 0.3 is 0 Å². The van der Waals surface area contributed by atoms with Crippen LogP contribution >= 0.6 is 0 Å². The average molecular weight is 353 g/mol. The Bertz CT molecular complexity index is 737. The first kappa shape index (κ1) is 19.7. The minimum Gasteiger partial charge on any atom is -0.353 e. The summed E-state index contributed by atoms with van der Waals surface area (Å²) in [6, 6.07) is 15.7. The van der Waals surface area contributed by atoms with Crippen molar-refractivity contribution in [3.8, 4) is 0 Å². The molecule has 138 valence electrons. The summed E-state index contributed by atoms with van der Waals surface area (Å²) < 4.78 is 0. The summed E-state index contributed by atoms with van der Waals surface area (Å²) in [5.41, 5.74) is 3.76. The Labute approximate surface area is 155 Å². The van der Waals surface area contributed by atoms with Crippen LogP contribution in [-0.4, -0.2) is 43.9 Å². The Hall–Kier alpha value is -2.66. The van der Waals surface area contributed by atoms with E-state index in [1.54, 1.807) is 0 Å². The molecule has 1 atom stereocenters.